The van der Waals surface area contributed by atoms with Gasteiger partial charge in [0.2, 0.25) is 0 Å². The molecule has 0 aliphatic heterocycles. The maximum atomic E-state index is 12.1. The first-order valence-corrected chi connectivity index (χ1v) is 5.78. The summed E-state index contributed by atoms with van der Waals surface area (Å²) in [4.78, 5) is 12.1. The number of hydrogen-bond donors (Lipinski definition) is 1. The van der Waals surface area contributed by atoms with E-state index in [0.29, 0.717) is 17.7 Å². The highest BCUT2D eigenvalue weighted by Crippen LogP contribution is 2.34. The van der Waals surface area contributed by atoms with Crippen LogP contribution in [0.15, 0.2) is 24.3 Å². The molecular weight excluding hydrogens is 212 g/mol. The van der Waals surface area contributed by atoms with Gasteiger partial charge in [0.05, 0.1) is 17.6 Å². The van der Waals surface area contributed by atoms with E-state index in [9.17, 15) is 4.79 Å². The van der Waals surface area contributed by atoms with Gasteiger partial charge in [-0.2, -0.15) is 5.26 Å². The average Bonchev–Trinajstić information content (AvgIpc) is 2.64. The van der Waals surface area contributed by atoms with E-state index in [0.717, 1.165) is 12.0 Å². The van der Waals surface area contributed by atoms with Crippen LogP contribution >= 0.6 is 0 Å². The third kappa shape index (κ3) is 1.99. The quantitative estimate of drug-likeness (QED) is 0.842. The van der Waals surface area contributed by atoms with Crippen LogP contribution in [0.5, 0.6) is 0 Å². The van der Waals surface area contributed by atoms with Gasteiger partial charge in [0.1, 0.15) is 5.78 Å². The number of nitrogens with one attached hydrogen (secondary N) is 1. The number of carbonyl (C=O) groups is 1. The molecule has 17 heavy (non-hydrogen) atoms. The van der Waals surface area contributed by atoms with Gasteiger partial charge in [-0.15, -0.1) is 0 Å². The van der Waals surface area contributed by atoms with Gasteiger partial charge in [0.25, 0.3) is 0 Å². The summed E-state index contributed by atoms with van der Waals surface area (Å²) in [6, 6.07) is 9.09. The Morgan fingerprint density at radius 1 is 1.53 bits per heavy atom. The Morgan fingerprint density at radius 2 is 2.29 bits per heavy atom. The highest BCUT2D eigenvalue weighted by molar-refractivity contribution is 6.15. The molecule has 3 heteroatoms. The Bertz CT molecular complexity index is 513. The van der Waals surface area contributed by atoms with Crippen LogP contribution in [0.2, 0.25) is 0 Å². The van der Waals surface area contributed by atoms with Crippen LogP contribution in [-0.2, 0) is 4.79 Å². The Hall–Kier alpha value is -1.95. The summed E-state index contributed by atoms with van der Waals surface area (Å²) in [5, 5.41) is 16.8. The van der Waals surface area contributed by atoms with Crippen molar-refractivity contribution < 1.29 is 4.79 Å². The maximum absolute atomic E-state index is 12.1. The van der Waals surface area contributed by atoms with Crippen LogP contribution in [0.1, 0.15) is 36.8 Å². The van der Waals surface area contributed by atoms with Crippen molar-refractivity contribution in [3.05, 3.63) is 35.4 Å². The lowest BCUT2D eigenvalue weighted by Crippen LogP contribution is -2.14. The minimum absolute atomic E-state index is 0.0155. The van der Waals surface area contributed by atoms with Gasteiger partial charge in [-0.1, -0.05) is 19.1 Å². The molecule has 0 heterocycles. The first kappa shape index (κ1) is 11.5. The maximum Gasteiger partial charge on any atom is 0.149 e. The largest absolute Gasteiger partial charge is 0.309 e. The summed E-state index contributed by atoms with van der Waals surface area (Å²) in [5.41, 5.74) is 1.81. The van der Waals surface area contributed by atoms with Crippen LogP contribution in [-0.4, -0.2) is 11.5 Å². The van der Waals surface area contributed by atoms with E-state index in [1.165, 1.54) is 0 Å². The summed E-state index contributed by atoms with van der Waals surface area (Å²) in [7, 11) is 0. The molecule has 0 bridgehead atoms. The number of carbonyl (C=O) groups excluding carboxylic acids is 1. The van der Waals surface area contributed by atoms with E-state index in [4.69, 9.17) is 10.7 Å². The Kier molecular flexibility index (Phi) is 3.06. The number of benzene rings is 1. The molecule has 1 aliphatic rings. The van der Waals surface area contributed by atoms with Crippen LogP contribution in [0.4, 0.5) is 0 Å². The average molecular weight is 226 g/mol. The number of nitrogens with zero attached hydrogens (tertiary/aromatic N) is 1. The minimum Gasteiger partial charge on any atom is -0.309 e. The fraction of sp³-hybridized carbons (Fsp3) is 0.357. The number of hydrogen-bond acceptors (Lipinski definition) is 3. The minimum atomic E-state index is -0.423. The van der Waals surface area contributed by atoms with Gasteiger partial charge in [-0.25, -0.2) is 0 Å². The highest BCUT2D eigenvalue weighted by Gasteiger charge is 2.38. The summed E-state index contributed by atoms with van der Waals surface area (Å²) in [6.45, 7) is 1.98. The van der Waals surface area contributed by atoms with Crippen LogP contribution in [0.3, 0.4) is 0 Å². The molecule has 0 amide bonds. The molecule has 2 unspecified atom stereocenters. The SMILES string of the molecule is CCC1CC(=N)C(c2cccc(C#N)c2)C1=O. The molecule has 0 aromatic heterocycles. The number of nitriles is 1. The molecule has 0 saturated heterocycles. The van der Waals surface area contributed by atoms with Crippen molar-refractivity contribution in [1.29, 1.82) is 10.7 Å². The van der Waals surface area contributed by atoms with E-state index in [2.05, 4.69) is 6.07 Å². The second-order valence-corrected chi connectivity index (χ2v) is 4.41. The Labute approximate surface area is 101 Å². The molecule has 1 N–H and O–H groups in total. The lowest BCUT2D eigenvalue weighted by Gasteiger charge is -2.10. The second-order valence-electron chi connectivity index (χ2n) is 4.41. The molecule has 1 saturated carbocycles. The fourth-order valence-electron chi connectivity index (χ4n) is 2.39. The van der Waals surface area contributed by atoms with Crippen molar-refractivity contribution in [2.45, 2.75) is 25.7 Å². The molecule has 3 nitrogen and oxygen atoms in total. The predicted octanol–water partition coefficient (Wildman–Crippen LogP) is 2.66. The zero-order valence-electron chi connectivity index (χ0n) is 9.73. The van der Waals surface area contributed by atoms with E-state index in [-0.39, 0.29) is 11.7 Å². The Morgan fingerprint density at radius 3 is 2.88 bits per heavy atom. The normalized spacial score (nSPS) is 23.8. The standard InChI is InChI=1S/C14H14N2O/c1-2-10-7-12(16)13(14(10)17)11-5-3-4-9(6-11)8-15/h3-6,10,13,16H,2,7H2,1H3. The van der Waals surface area contributed by atoms with E-state index in [1.807, 2.05) is 13.0 Å². The molecule has 1 aromatic carbocycles. The molecule has 1 aliphatic carbocycles. The van der Waals surface area contributed by atoms with Crippen LogP contribution < -0.4 is 0 Å². The predicted molar refractivity (Wildman–Crippen MR) is 65.0 cm³/mol. The first-order chi connectivity index (χ1) is 8.17. The molecule has 86 valence electrons. The molecule has 1 aromatic rings. The summed E-state index contributed by atoms with van der Waals surface area (Å²) in [6.07, 6.45) is 1.35. The number of Topliss-reactive ketones (excluding diaryl/α,β-unsaturated/α-hetero) is 1. The van der Waals surface area contributed by atoms with Crippen molar-refractivity contribution in [3.8, 4) is 6.07 Å². The Balaban J connectivity index is 2.37. The molecule has 2 rings (SSSR count). The smallest absolute Gasteiger partial charge is 0.149 e. The third-order valence-corrected chi connectivity index (χ3v) is 3.34. The van der Waals surface area contributed by atoms with Gasteiger partial charge in [-0.05, 0) is 30.5 Å². The molecule has 1 fully saturated rings. The summed E-state index contributed by atoms with van der Waals surface area (Å²) in [5.74, 6) is -0.306. The van der Waals surface area contributed by atoms with Crippen LogP contribution in [0.25, 0.3) is 0 Å². The van der Waals surface area contributed by atoms with Crippen molar-refractivity contribution in [1.82, 2.24) is 0 Å². The first-order valence-electron chi connectivity index (χ1n) is 5.78. The van der Waals surface area contributed by atoms with Gasteiger partial charge in [0, 0.05) is 11.6 Å². The monoisotopic (exact) mass is 226 g/mol. The van der Waals surface area contributed by atoms with Gasteiger partial charge in [0.15, 0.2) is 0 Å². The van der Waals surface area contributed by atoms with E-state index < -0.39 is 5.92 Å². The lowest BCUT2D eigenvalue weighted by atomic mass is 9.92. The molecule has 0 radical (unpaired) electrons. The van der Waals surface area contributed by atoms with E-state index in [1.54, 1.807) is 18.2 Å². The number of rotatable bonds is 2. The van der Waals surface area contributed by atoms with Crippen molar-refractivity contribution in [2.24, 2.45) is 5.92 Å². The van der Waals surface area contributed by atoms with Crippen LogP contribution in [0, 0.1) is 22.7 Å². The summed E-state index contributed by atoms with van der Waals surface area (Å²) >= 11 is 0. The van der Waals surface area contributed by atoms with Gasteiger partial charge < -0.3 is 5.41 Å². The van der Waals surface area contributed by atoms with E-state index >= 15 is 0 Å². The fourth-order valence-corrected chi connectivity index (χ4v) is 2.39. The zero-order valence-corrected chi connectivity index (χ0v) is 9.73. The highest BCUT2D eigenvalue weighted by atomic mass is 16.1. The third-order valence-electron chi connectivity index (χ3n) is 3.34. The summed E-state index contributed by atoms with van der Waals surface area (Å²) < 4.78 is 0. The topological polar surface area (TPSA) is 64.7 Å². The van der Waals surface area contributed by atoms with Crippen molar-refractivity contribution >= 4 is 11.5 Å². The van der Waals surface area contributed by atoms with Crippen molar-refractivity contribution in [3.63, 3.8) is 0 Å². The number of ketones is 1. The molecular formula is C14H14N2O. The molecule has 2 atom stereocenters. The zero-order chi connectivity index (χ0) is 12.4. The molecule has 0 spiro atoms. The lowest BCUT2D eigenvalue weighted by molar-refractivity contribution is -0.121. The second kappa shape index (κ2) is 4.50. The van der Waals surface area contributed by atoms with Gasteiger partial charge >= 0.3 is 0 Å². The van der Waals surface area contributed by atoms with Gasteiger partial charge in [-0.3, -0.25) is 4.79 Å². The van der Waals surface area contributed by atoms with Crippen molar-refractivity contribution in [2.75, 3.05) is 0 Å².